The number of rotatable bonds is 7. The van der Waals surface area contributed by atoms with Gasteiger partial charge in [0.2, 0.25) is 5.89 Å². The highest BCUT2D eigenvalue weighted by molar-refractivity contribution is 5.95. The van der Waals surface area contributed by atoms with Crippen LogP contribution in [-0.2, 0) is 6.42 Å². The zero-order valence-electron chi connectivity index (χ0n) is 16.5. The van der Waals surface area contributed by atoms with Crippen molar-refractivity contribution in [1.29, 1.82) is 0 Å². The first kappa shape index (κ1) is 19.4. The predicted octanol–water partition coefficient (Wildman–Crippen LogP) is 4.38. The highest BCUT2D eigenvalue weighted by Gasteiger charge is 2.13. The smallest absolute Gasteiger partial charge is 0.251 e. The number of benzene rings is 3. The Morgan fingerprint density at radius 1 is 0.933 bits per heavy atom. The van der Waals surface area contributed by atoms with Crippen LogP contribution >= 0.6 is 0 Å². The number of methoxy groups -OCH3 is 1. The summed E-state index contributed by atoms with van der Waals surface area (Å²) in [7, 11) is 1.60. The summed E-state index contributed by atoms with van der Waals surface area (Å²) in [6.45, 7) is 0.391. The Morgan fingerprint density at radius 3 is 2.53 bits per heavy atom. The van der Waals surface area contributed by atoms with Crippen molar-refractivity contribution in [2.75, 3.05) is 13.7 Å². The Morgan fingerprint density at radius 2 is 1.70 bits per heavy atom. The van der Waals surface area contributed by atoms with Crippen molar-refractivity contribution in [2.24, 2.45) is 0 Å². The fourth-order valence-electron chi connectivity index (χ4n) is 3.14. The molecule has 4 rings (SSSR count). The van der Waals surface area contributed by atoms with Crippen molar-refractivity contribution in [3.63, 3.8) is 0 Å². The van der Waals surface area contributed by atoms with E-state index in [2.05, 4.69) is 15.5 Å². The van der Waals surface area contributed by atoms with E-state index in [1.54, 1.807) is 13.2 Å². The van der Waals surface area contributed by atoms with E-state index < -0.39 is 0 Å². The highest BCUT2D eigenvalue weighted by atomic mass is 16.5. The summed E-state index contributed by atoms with van der Waals surface area (Å²) in [5.74, 6) is 1.37. The molecule has 0 saturated carbocycles. The molecule has 150 valence electrons. The highest BCUT2D eigenvalue weighted by Crippen LogP contribution is 2.28. The number of aromatic nitrogens is 2. The van der Waals surface area contributed by atoms with Crippen molar-refractivity contribution in [3.8, 4) is 28.3 Å². The van der Waals surface area contributed by atoms with Crippen LogP contribution in [0.2, 0.25) is 0 Å². The van der Waals surface area contributed by atoms with Gasteiger partial charge in [-0.3, -0.25) is 4.79 Å². The molecular weight excluding hydrogens is 378 g/mol. The molecule has 0 aliphatic carbocycles. The SMILES string of the molecule is COc1ccccc1-c1nnc(CCNC(=O)c2cccc(-c3ccccc3)c2)o1. The number of ether oxygens (including phenoxy) is 1. The van der Waals surface area contributed by atoms with Gasteiger partial charge in [-0.1, -0.05) is 54.6 Å². The van der Waals surface area contributed by atoms with Gasteiger partial charge in [-0.25, -0.2) is 0 Å². The summed E-state index contributed by atoms with van der Waals surface area (Å²) in [6.07, 6.45) is 0.437. The number of hydrogen-bond donors (Lipinski definition) is 1. The first-order valence-electron chi connectivity index (χ1n) is 9.64. The van der Waals surface area contributed by atoms with Crippen LogP contribution in [0, 0.1) is 0 Å². The molecule has 6 nitrogen and oxygen atoms in total. The summed E-state index contributed by atoms with van der Waals surface area (Å²) in [5.41, 5.74) is 3.42. The normalized spacial score (nSPS) is 10.6. The molecule has 0 unspecified atom stereocenters. The molecule has 4 aromatic rings. The summed E-state index contributed by atoms with van der Waals surface area (Å²) in [4.78, 5) is 12.5. The van der Waals surface area contributed by atoms with Gasteiger partial charge in [0.05, 0.1) is 12.7 Å². The van der Waals surface area contributed by atoms with Crippen LogP contribution in [0.25, 0.3) is 22.6 Å². The first-order chi connectivity index (χ1) is 14.7. The van der Waals surface area contributed by atoms with Gasteiger partial charge in [-0.05, 0) is 35.4 Å². The van der Waals surface area contributed by atoms with Crippen LogP contribution in [0.4, 0.5) is 0 Å². The summed E-state index contributed by atoms with van der Waals surface area (Å²) in [5, 5.41) is 11.1. The van der Waals surface area contributed by atoms with Crippen molar-refractivity contribution in [3.05, 3.63) is 90.3 Å². The molecule has 0 fully saturated rings. The fourth-order valence-corrected chi connectivity index (χ4v) is 3.14. The van der Waals surface area contributed by atoms with E-state index in [1.807, 2.05) is 72.8 Å². The molecule has 1 N–H and O–H groups in total. The molecule has 0 bridgehead atoms. The minimum atomic E-state index is -0.141. The molecule has 0 saturated heterocycles. The minimum Gasteiger partial charge on any atom is -0.496 e. The summed E-state index contributed by atoms with van der Waals surface area (Å²) < 4.78 is 11.1. The second kappa shape index (κ2) is 9.05. The Kier molecular flexibility index (Phi) is 5.85. The molecule has 1 heterocycles. The van der Waals surface area contributed by atoms with E-state index in [4.69, 9.17) is 9.15 Å². The van der Waals surface area contributed by atoms with Crippen molar-refractivity contribution in [1.82, 2.24) is 15.5 Å². The van der Waals surface area contributed by atoms with Crippen molar-refractivity contribution >= 4 is 5.91 Å². The molecule has 6 heteroatoms. The second-order valence-electron chi connectivity index (χ2n) is 6.65. The van der Waals surface area contributed by atoms with Gasteiger partial charge in [-0.15, -0.1) is 10.2 Å². The molecule has 0 aliphatic rings. The van der Waals surface area contributed by atoms with E-state index >= 15 is 0 Å². The number of carbonyl (C=O) groups is 1. The Labute approximate surface area is 174 Å². The lowest BCUT2D eigenvalue weighted by atomic mass is 10.0. The van der Waals surface area contributed by atoms with E-state index in [9.17, 15) is 4.79 Å². The molecule has 1 amide bonds. The molecule has 1 aromatic heterocycles. The Balaban J connectivity index is 1.37. The van der Waals surface area contributed by atoms with Crippen LogP contribution in [0.5, 0.6) is 5.75 Å². The molecule has 30 heavy (non-hydrogen) atoms. The van der Waals surface area contributed by atoms with E-state index in [1.165, 1.54) is 0 Å². The second-order valence-corrected chi connectivity index (χ2v) is 6.65. The number of amides is 1. The van der Waals surface area contributed by atoms with Gasteiger partial charge in [0.15, 0.2) is 0 Å². The average Bonchev–Trinajstić information content (AvgIpc) is 3.28. The molecule has 0 spiro atoms. The van der Waals surface area contributed by atoms with Gasteiger partial charge >= 0.3 is 0 Å². The van der Waals surface area contributed by atoms with Gasteiger partial charge in [0.25, 0.3) is 11.8 Å². The predicted molar refractivity (Wildman–Crippen MR) is 114 cm³/mol. The van der Waals surface area contributed by atoms with Crippen LogP contribution in [0.1, 0.15) is 16.2 Å². The van der Waals surface area contributed by atoms with Gasteiger partial charge < -0.3 is 14.5 Å². The first-order valence-corrected chi connectivity index (χ1v) is 9.64. The Bertz CT molecular complexity index is 1140. The third-order valence-corrected chi connectivity index (χ3v) is 4.66. The molecule has 0 aliphatic heterocycles. The molecule has 3 aromatic carbocycles. The maximum absolute atomic E-state index is 12.5. The zero-order chi connectivity index (χ0) is 20.8. The number of nitrogens with one attached hydrogen (secondary N) is 1. The van der Waals surface area contributed by atoms with E-state index in [0.29, 0.717) is 36.1 Å². The fraction of sp³-hybridized carbons (Fsp3) is 0.125. The standard InChI is InChI=1S/C24H21N3O3/c1-29-21-13-6-5-12-20(21)24-27-26-22(30-24)14-15-25-23(28)19-11-7-10-18(16-19)17-8-3-2-4-9-17/h2-13,16H,14-15H2,1H3,(H,25,28). The zero-order valence-corrected chi connectivity index (χ0v) is 16.5. The summed E-state index contributed by atoms with van der Waals surface area (Å²) >= 11 is 0. The van der Waals surface area contributed by atoms with Crippen LogP contribution in [-0.4, -0.2) is 29.8 Å². The Hall–Kier alpha value is -3.93. The lowest BCUT2D eigenvalue weighted by Gasteiger charge is -2.06. The quantitative estimate of drug-likeness (QED) is 0.499. The average molecular weight is 399 g/mol. The largest absolute Gasteiger partial charge is 0.496 e. The van der Waals surface area contributed by atoms with Gasteiger partial charge in [0.1, 0.15) is 5.75 Å². The number of nitrogens with zero attached hydrogens (tertiary/aromatic N) is 2. The monoisotopic (exact) mass is 399 g/mol. The van der Waals surface area contributed by atoms with Crippen LogP contribution < -0.4 is 10.1 Å². The lowest BCUT2D eigenvalue weighted by Crippen LogP contribution is -2.25. The molecular formula is C24H21N3O3. The number of para-hydroxylation sites is 1. The van der Waals surface area contributed by atoms with Crippen molar-refractivity contribution < 1.29 is 13.9 Å². The maximum Gasteiger partial charge on any atom is 0.251 e. The van der Waals surface area contributed by atoms with E-state index in [0.717, 1.165) is 16.7 Å². The number of hydrogen-bond acceptors (Lipinski definition) is 5. The topological polar surface area (TPSA) is 77.3 Å². The lowest BCUT2D eigenvalue weighted by molar-refractivity contribution is 0.0953. The minimum absolute atomic E-state index is 0.141. The van der Waals surface area contributed by atoms with Gasteiger partial charge in [-0.2, -0.15) is 0 Å². The van der Waals surface area contributed by atoms with Crippen LogP contribution in [0.3, 0.4) is 0 Å². The third-order valence-electron chi connectivity index (χ3n) is 4.66. The maximum atomic E-state index is 12.5. The molecule has 0 atom stereocenters. The summed E-state index contributed by atoms with van der Waals surface area (Å²) in [6, 6.07) is 25.0. The number of carbonyl (C=O) groups excluding carboxylic acids is 1. The molecule has 0 radical (unpaired) electrons. The van der Waals surface area contributed by atoms with Gasteiger partial charge in [0, 0.05) is 18.5 Å². The van der Waals surface area contributed by atoms with E-state index in [-0.39, 0.29) is 5.91 Å². The van der Waals surface area contributed by atoms with Crippen molar-refractivity contribution in [2.45, 2.75) is 6.42 Å². The van der Waals surface area contributed by atoms with Crippen LogP contribution in [0.15, 0.2) is 83.3 Å². The third kappa shape index (κ3) is 4.38.